The van der Waals surface area contributed by atoms with Crippen molar-refractivity contribution in [1.82, 2.24) is 4.98 Å². The minimum atomic E-state index is -4.47. The van der Waals surface area contributed by atoms with Crippen LogP contribution in [0.15, 0.2) is 35.1 Å². The van der Waals surface area contributed by atoms with Crippen molar-refractivity contribution in [3.8, 4) is 0 Å². The predicted octanol–water partition coefficient (Wildman–Crippen LogP) is 4.46. The Labute approximate surface area is 166 Å². The van der Waals surface area contributed by atoms with Crippen LogP contribution in [-0.4, -0.2) is 23.6 Å². The molecule has 5 nitrogen and oxygen atoms in total. The molecule has 0 atom stereocenters. The highest BCUT2D eigenvalue weighted by Gasteiger charge is 2.38. The van der Waals surface area contributed by atoms with Crippen LogP contribution in [0.4, 0.5) is 24.5 Å². The number of aromatic amines is 1. The van der Waals surface area contributed by atoms with E-state index >= 15 is 0 Å². The van der Waals surface area contributed by atoms with Crippen molar-refractivity contribution in [3.63, 3.8) is 0 Å². The van der Waals surface area contributed by atoms with E-state index in [1.54, 1.807) is 13.0 Å². The molecule has 0 saturated heterocycles. The van der Waals surface area contributed by atoms with Gasteiger partial charge in [-0.15, -0.1) is 0 Å². The number of H-pyrrole nitrogens is 1. The Morgan fingerprint density at radius 1 is 1.00 bits per heavy atom. The summed E-state index contributed by atoms with van der Waals surface area (Å²) in [5.41, 5.74) is 0.676. The Hall–Kier alpha value is -2.77. The normalized spacial score (nSPS) is 18.1. The number of hydrogen-bond donors (Lipinski definition) is 1. The maximum atomic E-state index is 13.3. The number of carbonyl (C=O) groups excluding carboxylic acids is 1. The number of hydrogen-bond acceptors (Lipinski definition) is 3. The number of anilines is 2. The van der Waals surface area contributed by atoms with Gasteiger partial charge >= 0.3 is 6.18 Å². The molecule has 1 aromatic heterocycles. The van der Waals surface area contributed by atoms with E-state index in [0.29, 0.717) is 17.1 Å². The molecule has 2 heterocycles. The van der Waals surface area contributed by atoms with Gasteiger partial charge in [0.1, 0.15) is 0 Å². The molecule has 0 spiro atoms. The van der Waals surface area contributed by atoms with Gasteiger partial charge in [-0.1, -0.05) is 19.3 Å². The quantitative estimate of drug-likeness (QED) is 0.803. The van der Waals surface area contributed by atoms with Gasteiger partial charge in [0.15, 0.2) is 0 Å². The molecule has 1 fully saturated rings. The summed E-state index contributed by atoms with van der Waals surface area (Å²) in [5.74, 6) is -0.365. The van der Waals surface area contributed by atoms with Gasteiger partial charge in [-0.25, -0.2) is 0 Å². The molecule has 4 rings (SSSR count). The van der Waals surface area contributed by atoms with E-state index in [2.05, 4.69) is 4.98 Å². The fourth-order valence-electron chi connectivity index (χ4n) is 4.32. The maximum Gasteiger partial charge on any atom is 0.416 e. The number of rotatable bonds is 2. The summed E-state index contributed by atoms with van der Waals surface area (Å²) in [6, 6.07) is 6.33. The first-order valence-electron chi connectivity index (χ1n) is 9.75. The Balaban J connectivity index is 1.82. The number of aryl methyl sites for hydroxylation is 1. The van der Waals surface area contributed by atoms with Crippen LogP contribution < -0.4 is 15.4 Å². The summed E-state index contributed by atoms with van der Waals surface area (Å²) in [7, 11) is 0. The smallest absolute Gasteiger partial charge is 0.350 e. The Kier molecular flexibility index (Phi) is 4.88. The zero-order valence-corrected chi connectivity index (χ0v) is 16.1. The van der Waals surface area contributed by atoms with Crippen LogP contribution in [0.1, 0.15) is 53.7 Å². The molecule has 0 unspecified atom stereocenters. The van der Waals surface area contributed by atoms with E-state index in [9.17, 15) is 22.8 Å². The van der Waals surface area contributed by atoms with Crippen LogP contribution in [0.3, 0.4) is 0 Å². The van der Waals surface area contributed by atoms with Gasteiger partial charge in [0.25, 0.3) is 5.91 Å². The fraction of sp³-hybridized carbons (Fsp3) is 0.429. The molecule has 1 aliphatic heterocycles. The summed E-state index contributed by atoms with van der Waals surface area (Å²) in [4.78, 5) is 30.9. The molecule has 1 aliphatic carbocycles. The number of fused-ring (bicyclic) bond motifs is 1. The van der Waals surface area contributed by atoms with Crippen molar-refractivity contribution >= 4 is 17.3 Å². The van der Waals surface area contributed by atoms with Gasteiger partial charge in [-0.3, -0.25) is 14.5 Å². The number of alkyl halides is 3. The molecular weight excluding hydrogens is 383 g/mol. The van der Waals surface area contributed by atoms with Crippen LogP contribution in [0.25, 0.3) is 0 Å². The Bertz CT molecular complexity index is 993. The summed E-state index contributed by atoms with van der Waals surface area (Å²) in [6.45, 7) is 1.86. The molecule has 2 aromatic rings. The van der Waals surface area contributed by atoms with Crippen LogP contribution in [-0.2, 0) is 6.18 Å². The van der Waals surface area contributed by atoms with Crippen LogP contribution >= 0.6 is 0 Å². The molecule has 1 saturated carbocycles. The number of nitrogens with zero attached hydrogens (tertiary/aromatic N) is 2. The van der Waals surface area contributed by atoms with Gasteiger partial charge in [-0.05, 0) is 44.0 Å². The number of carbonyl (C=O) groups is 1. The molecule has 1 amide bonds. The average Bonchev–Trinajstić information content (AvgIpc) is 2.69. The second-order valence-corrected chi connectivity index (χ2v) is 7.70. The molecule has 8 heteroatoms. The van der Waals surface area contributed by atoms with E-state index in [4.69, 9.17) is 0 Å². The molecule has 0 bridgehead atoms. The SMILES string of the molecule is Cc1[nH]c(=O)ccc1N1CN(C2CCCCC2)c2cc(C(F)(F)F)ccc2C1=O. The fourth-order valence-corrected chi connectivity index (χ4v) is 4.32. The van der Waals surface area contributed by atoms with E-state index in [1.165, 1.54) is 17.0 Å². The molecule has 154 valence electrons. The third-order valence-corrected chi connectivity index (χ3v) is 5.80. The number of aromatic nitrogens is 1. The highest BCUT2D eigenvalue weighted by molar-refractivity contribution is 6.12. The summed E-state index contributed by atoms with van der Waals surface area (Å²) in [6.07, 6.45) is 0.428. The van der Waals surface area contributed by atoms with Crippen molar-refractivity contribution in [3.05, 3.63) is 57.5 Å². The summed E-state index contributed by atoms with van der Waals surface area (Å²) >= 11 is 0. The van der Waals surface area contributed by atoms with Crippen molar-refractivity contribution in [1.29, 1.82) is 0 Å². The van der Waals surface area contributed by atoms with E-state index < -0.39 is 11.7 Å². The molecular formula is C21H22F3N3O2. The first-order valence-corrected chi connectivity index (χ1v) is 9.75. The highest BCUT2D eigenvalue weighted by Crippen LogP contribution is 2.39. The predicted molar refractivity (Wildman–Crippen MR) is 104 cm³/mol. The maximum absolute atomic E-state index is 13.3. The standard InChI is InChI=1S/C21H22F3N3O2/c1-13-17(9-10-19(28)25-13)27-12-26(15-5-3-2-4-6-15)18-11-14(21(22,23)24)7-8-16(18)20(27)29/h7-11,15H,2-6,12H2,1H3,(H,25,28). The van der Waals surface area contributed by atoms with Gasteiger partial charge < -0.3 is 9.88 Å². The summed E-state index contributed by atoms with van der Waals surface area (Å²) < 4.78 is 39.9. The lowest BCUT2D eigenvalue weighted by molar-refractivity contribution is -0.137. The van der Waals surface area contributed by atoms with Crippen molar-refractivity contribution in [2.24, 2.45) is 0 Å². The molecule has 1 N–H and O–H groups in total. The summed E-state index contributed by atoms with van der Waals surface area (Å²) in [5, 5.41) is 0. The lowest BCUT2D eigenvalue weighted by atomic mass is 9.92. The average molecular weight is 405 g/mol. The van der Waals surface area contributed by atoms with E-state index in [0.717, 1.165) is 44.2 Å². The number of pyridine rings is 1. The van der Waals surface area contributed by atoms with E-state index in [-0.39, 0.29) is 29.7 Å². The van der Waals surface area contributed by atoms with Gasteiger partial charge in [0.2, 0.25) is 5.56 Å². The first kappa shape index (κ1) is 19.5. The highest BCUT2D eigenvalue weighted by atomic mass is 19.4. The lowest BCUT2D eigenvalue weighted by Crippen LogP contribution is -2.52. The van der Waals surface area contributed by atoms with Crippen molar-refractivity contribution in [2.75, 3.05) is 16.5 Å². The second-order valence-electron chi connectivity index (χ2n) is 7.70. The number of benzene rings is 1. The Morgan fingerprint density at radius 3 is 2.38 bits per heavy atom. The second kappa shape index (κ2) is 7.24. The molecule has 0 radical (unpaired) electrons. The van der Waals surface area contributed by atoms with Crippen LogP contribution in [0.5, 0.6) is 0 Å². The largest absolute Gasteiger partial charge is 0.416 e. The van der Waals surface area contributed by atoms with Crippen LogP contribution in [0, 0.1) is 6.92 Å². The minimum Gasteiger partial charge on any atom is -0.350 e. The van der Waals surface area contributed by atoms with Gasteiger partial charge in [-0.2, -0.15) is 13.2 Å². The first-order chi connectivity index (χ1) is 13.8. The minimum absolute atomic E-state index is 0.0738. The Morgan fingerprint density at radius 2 is 1.72 bits per heavy atom. The third-order valence-electron chi connectivity index (χ3n) is 5.80. The van der Waals surface area contributed by atoms with Crippen LogP contribution in [0.2, 0.25) is 0 Å². The van der Waals surface area contributed by atoms with Crippen molar-refractivity contribution < 1.29 is 18.0 Å². The lowest BCUT2D eigenvalue weighted by Gasteiger charge is -2.44. The molecule has 1 aromatic carbocycles. The zero-order chi connectivity index (χ0) is 20.8. The number of nitrogens with one attached hydrogen (secondary N) is 1. The van der Waals surface area contributed by atoms with Gasteiger partial charge in [0, 0.05) is 17.8 Å². The molecule has 2 aliphatic rings. The number of amides is 1. The molecule has 29 heavy (non-hydrogen) atoms. The van der Waals surface area contributed by atoms with Gasteiger partial charge in [0.05, 0.1) is 29.2 Å². The third kappa shape index (κ3) is 3.63. The zero-order valence-electron chi connectivity index (χ0n) is 16.1. The number of halogens is 3. The monoisotopic (exact) mass is 405 g/mol. The van der Waals surface area contributed by atoms with E-state index in [1.807, 2.05) is 4.90 Å². The topological polar surface area (TPSA) is 56.4 Å². The van der Waals surface area contributed by atoms with Crippen molar-refractivity contribution in [2.45, 2.75) is 51.2 Å².